The second kappa shape index (κ2) is 6.10. The minimum Gasteiger partial charge on any atom is -0.368 e. The molecule has 0 spiro atoms. The fourth-order valence-electron chi connectivity index (χ4n) is 1.47. The fourth-order valence-corrected chi connectivity index (χ4v) is 1.47. The zero-order chi connectivity index (χ0) is 13.7. The molecule has 0 unspecified atom stereocenters. The van der Waals surface area contributed by atoms with Gasteiger partial charge in [0, 0.05) is 12.6 Å². The third-order valence-corrected chi connectivity index (χ3v) is 2.36. The van der Waals surface area contributed by atoms with Gasteiger partial charge in [0.05, 0.1) is 18.4 Å². The molecule has 1 aromatic heterocycles. The summed E-state index contributed by atoms with van der Waals surface area (Å²) in [5, 5.41) is 7.55. The summed E-state index contributed by atoms with van der Waals surface area (Å²) < 4.78 is 1.39. The summed E-state index contributed by atoms with van der Waals surface area (Å²) in [7, 11) is 0. The lowest BCUT2D eigenvalue weighted by molar-refractivity contribution is -0.137. The average molecular weight is 254 g/mol. The molecular formula is C10H18N6O2. The minimum atomic E-state index is -0.543. The second-order valence-corrected chi connectivity index (χ2v) is 4.19. The lowest BCUT2D eigenvalue weighted by Crippen LogP contribution is -2.44. The number of nitrogens with two attached hydrogens (primary N) is 2. The summed E-state index contributed by atoms with van der Waals surface area (Å²) in [5.41, 5.74) is 11.1. The van der Waals surface area contributed by atoms with E-state index in [1.165, 1.54) is 9.58 Å². The number of carbonyl (C=O) groups is 2. The molecule has 8 heteroatoms. The summed E-state index contributed by atoms with van der Waals surface area (Å²) >= 11 is 0. The summed E-state index contributed by atoms with van der Waals surface area (Å²) in [6.45, 7) is 3.80. The molecule has 0 atom stereocenters. The number of hydrogen-bond donors (Lipinski definition) is 2. The van der Waals surface area contributed by atoms with E-state index in [1.807, 2.05) is 13.8 Å². The maximum absolute atomic E-state index is 12.0. The topological polar surface area (TPSA) is 120 Å². The van der Waals surface area contributed by atoms with Gasteiger partial charge in [0.25, 0.3) is 0 Å². The molecule has 1 rings (SSSR count). The van der Waals surface area contributed by atoms with Gasteiger partial charge in [0.1, 0.15) is 6.54 Å². The standard InChI is InChI=1S/C10H18N6O2/c1-7(2)16(5-9(12)17)10(18)6-15-4-8(3-11)13-14-15/h4,7H,3,5-6,11H2,1-2H3,(H2,12,17). The largest absolute Gasteiger partial charge is 0.368 e. The van der Waals surface area contributed by atoms with Crippen LogP contribution in [0.1, 0.15) is 19.5 Å². The third kappa shape index (κ3) is 3.81. The van der Waals surface area contributed by atoms with Gasteiger partial charge in [0.2, 0.25) is 11.8 Å². The average Bonchev–Trinajstić information content (AvgIpc) is 2.72. The van der Waals surface area contributed by atoms with Crippen LogP contribution in [0.25, 0.3) is 0 Å². The van der Waals surface area contributed by atoms with E-state index in [-0.39, 0.29) is 31.6 Å². The van der Waals surface area contributed by atoms with Gasteiger partial charge in [0.15, 0.2) is 0 Å². The molecule has 0 saturated heterocycles. The Morgan fingerprint density at radius 1 is 1.50 bits per heavy atom. The van der Waals surface area contributed by atoms with Gasteiger partial charge < -0.3 is 16.4 Å². The minimum absolute atomic E-state index is 0.0124. The van der Waals surface area contributed by atoms with Gasteiger partial charge >= 0.3 is 0 Å². The first-order valence-corrected chi connectivity index (χ1v) is 5.61. The normalized spacial score (nSPS) is 10.7. The van der Waals surface area contributed by atoms with E-state index in [2.05, 4.69) is 10.3 Å². The highest BCUT2D eigenvalue weighted by atomic mass is 16.2. The molecule has 1 aromatic rings. The molecule has 8 nitrogen and oxygen atoms in total. The molecule has 0 saturated carbocycles. The van der Waals surface area contributed by atoms with Crippen LogP contribution in [0.15, 0.2) is 6.20 Å². The number of hydrogen-bond acceptors (Lipinski definition) is 5. The van der Waals surface area contributed by atoms with Crippen molar-refractivity contribution >= 4 is 11.8 Å². The van der Waals surface area contributed by atoms with Gasteiger partial charge in [-0.15, -0.1) is 5.10 Å². The van der Waals surface area contributed by atoms with Crippen LogP contribution in [0.3, 0.4) is 0 Å². The zero-order valence-electron chi connectivity index (χ0n) is 10.5. The van der Waals surface area contributed by atoms with Gasteiger partial charge in [-0.2, -0.15) is 0 Å². The molecule has 0 aliphatic rings. The first-order valence-electron chi connectivity index (χ1n) is 5.61. The van der Waals surface area contributed by atoms with E-state index in [0.717, 1.165) is 0 Å². The number of carbonyl (C=O) groups excluding carboxylic acids is 2. The molecule has 0 aromatic carbocycles. The van der Waals surface area contributed by atoms with Crippen molar-refractivity contribution < 1.29 is 9.59 Å². The number of nitrogens with zero attached hydrogens (tertiary/aromatic N) is 4. The zero-order valence-corrected chi connectivity index (χ0v) is 10.5. The molecule has 100 valence electrons. The monoisotopic (exact) mass is 254 g/mol. The highest BCUT2D eigenvalue weighted by Gasteiger charge is 2.19. The highest BCUT2D eigenvalue weighted by Crippen LogP contribution is 2.01. The van der Waals surface area contributed by atoms with Crippen LogP contribution in [-0.2, 0) is 22.7 Å². The fraction of sp³-hybridized carbons (Fsp3) is 0.600. The maximum atomic E-state index is 12.0. The molecule has 0 aliphatic heterocycles. The summed E-state index contributed by atoms with van der Waals surface area (Å²) in [5.74, 6) is -0.782. The van der Waals surface area contributed by atoms with Crippen molar-refractivity contribution in [2.24, 2.45) is 11.5 Å². The molecule has 0 radical (unpaired) electrons. The molecule has 0 aliphatic carbocycles. The van der Waals surface area contributed by atoms with Crippen LogP contribution < -0.4 is 11.5 Å². The second-order valence-electron chi connectivity index (χ2n) is 4.19. The Hall–Kier alpha value is -1.96. The van der Waals surface area contributed by atoms with Crippen LogP contribution in [0.2, 0.25) is 0 Å². The highest BCUT2D eigenvalue weighted by molar-refractivity contribution is 5.83. The van der Waals surface area contributed by atoms with E-state index in [0.29, 0.717) is 5.69 Å². The van der Waals surface area contributed by atoms with Crippen LogP contribution in [0, 0.1) is 0 Å². The number of rotatable bonds is 6. The summed E-state index contributed by atoms with van der Waals surface area (Å²) in [6, 6.07) is -0.109. The Morgan fingerprint density at radius 3 is 2.61 bits per heavy atom. The van der Waals surface area contributed by atoms with Crippen LogP contribution >= 0.6 is 0 Å². The van der Waals surface area contributed by atoms with E-state index in [9.17, 15) is 9.59 Å². The quantitative estimate of drug-likeness (QED) is 0.637. The Bertz CT molecular complexity index is 428. The SMILES string of the molecule is CC(C)N(CC(N)=O)C(=O)Cn1cc(CN)nn1. The van der Waals surface area contributed by atoms with Crippen LogP contribution in [-0.4, -0.2) is 44.3 Å². The Morgan fingerprint density at radius 2 is 2.17 bits per heavy atom. The number of primary amides is 1. The van der Waals surface area contributed by atoms with Crippen molar-refractivity contribution in [2.75, 3.05) is 6.54 Å². The first-order chi connectivity index (χ1) is 8.43. The molecule has 0 bridgehead atoms. The lowest BCUT2D eigenvalue weighted by Gasteiger charge is -2.25. The Balaban J connectivity index is 2.69. The van der Waals surface area contributed by atoms with Crippen LogP contribution in [0.4, 0.5) is 0 Å². The third-order valence-electron chi connectivity index (χ3n) is 2.36. The first kappa shape index (κ1) is 14.1. The van der Waals surface area contributed by atoms with E-state index in [1.54, 1.807) is 6.20 Å². The lowest BCUT2D eigenvalue weighted by atomic mass is 10.3. The number of amides is 2. The van der Waals surface area contributed by atoms with Crippen molar-refractivity contribution in [3.05, 3.63) is 11.9 Å². The molecule has 18 heavy (non-hydrogen) atoms. The maximum Gasteiger partial charge on any atom is 0.245 e. The summed E-state index contributed by atoms with van der Waals surface area (Å²) in [4.78, 5) is 24.3. The van der Waals surface area contributed by atoms with Crippen molar-refractivity contribution in [3.8, 4) is 0 Å². The van der Waals surface area contributed by atoms with Gasteiger partial charge in [-0.3, -0.25) is 9.59 Å². The molecule has 0 fully saturated rings. The predicted octanol–water partition coefficient (Wildman–Crippen LogP) is -1.54. The number of aromatic nitrogens is 3. The van der Waals surface area contributed by atoms with Crippen molar-refractivity contribution in [2.45, 2.75) is 33.0 Å². The van der Waals surface area contributed by atoms with E-state index < -0.39 is 5.91 Å². The predicted molar refractivity (Wildman–Crippen MR) is 64.0 cm³/mol. The van der Waals surface area contributed by atoms with Crippen molar-refractivity contribution in [3.63, 3.8) is 0 Å². The smallest absolute Gasteiger partial charge is 0.245 e. The molecule has 4 N–H and O–H groups in total. The van der Waals surface area contributed by atoms with E-state index in [4.69, 9.17) is 11.5 Å². The van der Waals surface area contributed by atoms with Crippen molar-refractivity contribution in [1.82, 2.24) is 19.9 Å². The summed E-state index contributed by atoms with van der Waals surface area (Å²) in [6.07, 6.45) is 1.60. The Kier molecular flexibility index (Phi) is 4.78. The van der Waals surface area contributed by atoms with Gasteiger partial charge in [-0.1, -0.05) is 5.21 Å². The van der Waals surface area contributed by atoms with Gasteiger partial charge in [-0.25, -0.2) is 4.68 Å². The van der Waals surface area contributed by atoms with E-state index >= 15 is 0 Å². The molecule has 1 heterocycles. The Labute approximate surface area is 105 Å². The molecular weight excluding hydrogens is 236 g/mol. The van der Waals surface area contributed by atoms with Crippen molar-refractivity contribution in [1.29, 1.82) is 0 Å². The van der Waals surface area contributed by atoms with Crippen LogP contribution in [0.5, 0.6) is 0 Å². The molecule has 2 amide bonds. The van der Waals surface area contributed by atoms with Gasteiger partial charge in [-0.05, 0) is 13.8 Å².